The van der Waals surface area contributed by atoms with Crippen molar-refractivity contribution in [3.63, 3.8) is 0 Å². The van der Waals surface area contributed by atoms with Crippen LogP contribution in [0.5, 0.6) is 0 Å². The molecule has 1 aliphatic carbocycles. The van der Waals surface area contributed by atoms with E-state index in [4.69, 9.17) is 0 Å². The molecule has 0 saturated heterocycles. The van der Waals surface area contributed by atoms with Crippen LogP contribution in [0.2, 0.25) is 0 Å². The first kappa shape index (κ1) is 21.7. The van der Waals surface area contributed by atoms with E-state index in [1.807, 2.05) is 0 Å². The summed E-state index contributed by atoms with van der Waals surface area (Å²) in [4.78, 5) is 16.3. The summed E-state index contributed by atoms with van der Waals surface area (Å²) in [5.74, 6) is 0.969. The molecule has 140 valence electrons. The summed E-state index contributed by atoms with van der Waals surface area (Å²) in [7, 11) is 0. The number of hydrogen-bond acceptors (Lipinski definition) is 2. The molecule has 1 aromatic carbocycles. The van der Waals surface area contributed by atoms with Gasteiger partial charge in [0, 0.05) is 25.6 Å². The van der Waals surface area contributed by atoms with Crippen molar-refractivity contribution in [3.05, 3.63) is 34.9 Å². The zero-order valence-electron chi connectivity index (χ0n) is 15.5. The van der Waals surface area contributed by atoms with Crippen LogP contribution in [0.4, 0.5) is 0 Å². The van der Waals surface area contributed by atoms with E-state index in [9.17, 15) is 4.79 Å². The van der Waals surface area contributed by atoms with Gasteiger partial charge >= 0.3 is 0 Å². The van der Waals surface area contributed by atoms with Crippen molar-refractivity contribution in [2.75, 3.05) is 13.1 Å². The smallest absolute Gasteiger partial charge is 0.220 e. The number of rotatable bonds is 8. The first-order valence-corrected chi connectivity index (χ1v) is 8.96. The van der Waals surface area contributed by atoms with E-state index in [1.54, 1.807) is 0 Å². The molecule has 0 aromatic heterocycles. The molecule has 0 bridgehead atoms. The molecule has 1 aliphatic rings. The standard InChI is InChI=1S/C19H30N4O.HI/c1-4-20-19(21-11-5-6-18(24)23-17-9-10-17)22-13-16-8-7-14(2)12-15(16)3;/h7-8,12,17H,4-6,9-11,13H2,1-3H3,(H,23,24)(H2,20,21,22);1H. The van der Waals surface area contributed by atoms with Gasteiger partial charge in [-0.05, 0) is 51.2 Å². The topological polar surface area (TPSA) is 65.5 Å². The van der Waals surface area contributed by atoms with Crippen molar-refractivity contribution in [2.45, 2.75) is 59.0 Å². The van der Waals surface area contributed by atoms with Crippen LogP contribution in [0.3, 0.4) is 0 Å². The molecule has 1 saturated carbocycles. The Morgan fingerprint density at radius 1 is 1.24 bits per heavy atom. The molecule has 0 radical (unpaired) electrons. The minimum absolute atomic E-state index is 0. The lowest BCUT2D eigenvalue weighted by molar-refractivity contribution is -0.121. The number of guanidine groups is 1. The van der Waals surface area contributed by atoms with Crippen LogP contribution >= 0.6 is 24.0 Å². The Morgan fingerprint density at radius 3 is 2.64 bits per heavy atom. The van der Waals surface area contributed by atoms with Gasteiger partial charge in [0.05, 0.1) is 6.54 Å². The minimum atomic E-state index is 0. The van der Waals surface area contributed by atoms with E-state index in [0.29, 0.717) is 19.0 Å². The highest BCUT2D eigenvalue weighted by atomic mass is 127. The summed E-state index contributed by atoms with van der Waals surface area (Å²) < 4.78 is 0. The molecule has 0 aliphatic heterocycles. The second-order valence-corrected chi connectivity index (χ2v) is 6.50. The van der Waals surface area contributed by atoms with Crippen LogP contribution in [0.25, 0.3) is 0 Å². The molecule has 2 rings (SSSR count). The van der Waals surface area contributed by atoms with Gasteiger partial charge in [-0.15, -0.1) is 24.0 Å². The molecule has 1 fully saturated rings. The maximum atomic E-state index is 11.7. The number of nitrogens with one attached hydrogen (secondary N) is 3. The van der Waals surface area contributed by atoms with Gasteiger partial charge in [0.15, 0.2) is 5.96 Å². The normalized spacial score (nSPS) is 13.8. The fourth-order valence-electron chi connectivity index (χ4n) is 2.51. The van der Waals surface area contributed by atoms with E-state index in [0.717, 1.165) is 38.3 Å². The molecule has 25 heavy (non-hydrogen) atoms. The second-order valence-electron chi connectivity index (χ2n) is 6.50. The molecule has 1 aromatic rings. The van der Waals surface area contributed by atoms with Gasteiger partial charge in [-0.2, -0.15) is 0 Å². The average Bonchev–Trinajstić information content (AvgIpc) is 3.34. The lowest BCUT2D eigenvalue weighted by Crippen LogP contribution is -2.38. The molecular weight excluding hydrogens is 427 g/mol. The van der Waals surface area contributed by atoms with E-state index in [2.05, 4.69) is 59.9 Å². The molecule has 1 amide bonds. The van der Waals surface area contributed by atoms with Crippen LogP contribution in [0.1, 0.15) is 49.3 Å². The third kappa shape index (κ3) is 8.56. The van der Waals surface area contributed by atoms with Crippen LogP contribution in [0, 0.1) is 13.8 Å². The van der Waals surface area contributed by atoms with E-state index in [1.165, 1.54) is 16.7 Å². The Kier molecular flexibility index (Phi) is 9.85. The molecule has 6 heteroatoms. The summed E-state index contributed by atoms with van der Waals surface area (Å²) in [6.07, 6.45) is 3.66. The highest BCUT2D eigenvalue weighted by molar-refractivity contribution is 14.0. The van der Waals surface area contributed by atoms with Crippen molar-refractivity contribution < 1.29 is 4.79 Å². The monoisotopic (exact) mass is 458 g/mol. The van der Waals surface area contributed by atoms with E-state index >= 15 is 0 Å². The lowest BCUT2D eigenvalue weighted by Gasteiger charge is -2.12. The number of carbonyl (C=O) groups is 1. The molecular formula is C19H31IN4O. The third-order valence-electron chi connectivity index (χ3n) is 4.07. The van der Waals surface area contributed by atoms with Gasteiger partial charge in [0.2, 0.25) is 5.91 Å². The summed E-state index contributed by atoms with van der Waals surface area (Å²) in [5, 5.41) is 9.57. The number of aliphatic imine (C=N–C) groups is 1. The number of amides is 1. The predicted octanol–water partition coefficient (Wildman–Crippen LogP) is 3.04. The summed E-state index contributed by atoms with van der Waals surface area (Å²) in [6, 6.07) is 6.89. The summed E-state index contributed by atoms with van der Waals surface area (Å²) in [6.45, 7) is 8.50. The minimum Gasteiger partial charge on any atom is -0.357 e. The molecule has 0 spiro atoms. The van der Waals surface area contributed by atoms with Gasteiger partial charge in [-0.3, -0.25) is 4.79 Å². The fraction of sp³-hybridized carbons (Fsp3) is 0.579. The van der Waals surface area contributed by atoms with Gasteiger partial charge in [0.1, 0.15) is 0 Å². The predicted molar refractivity (Wildman–Crippen MR) is 115 cm³/mol. The van der Waals surface area contributed by atoms with Gasteiger partial charge in [-0.1, -0.05) is 23.8 Å². The van der Waals surface area contributed by atoms with Crippen LogP contribution in [-0.4, -0.2) is 31.0 Å². The SMILES string of the molecule is CCNC(=NCc1ccc(C)cc1C)NCCCC(=O)NC1CC1.I. The highest BCUT2D eigenvalue weighted by Gasteiger charge is 2.22. The van der Waals surface area contributed by atoms with Crippen LogP contribution < -0.4 is 16.0 Å². The van der Waals surface area contributed by atoms with Crippen molar-refractivity contribution in [3.8, 4) is 0 Å². The number of hydrogen-bond donors (Lipinski definition) is 3. The zero-order valence-corrected chi connectivity index (χ0v) is 17.9. The van der Waals surface area contributed by atoms with Gasteiger partial charge in [-0.25, -0.2) is 4.99 Å². The quantitative estimate of drug-likeness (QED) is 0.243. The van der Waals surface area contributed by atoms with Crippen molar-refractivity contribution in [1.82, 2.24) is 16.0 Å². The van der Waals surface area contributed by atoms with Crippen molar-refractivity contribution >= 4 is 35.8 Å². The lowest BCUT2D eigenvalue weighted by atomic mass is 10.1. The number of aryl methyl sites for hydroxylation is 2. The molecule has 3 N–H and O–H groups in total. The third-order valence-corrected chi connectivity index (χ3v) is 4.07. The van der Waals surface area contributed by atoms with Crippen molar-refractivity contribution in [2.24, 2.45) is 4.99 Å². The first-order valence-electron chi connectivity index (χ1n) is 8.96. The van der Waals surface area contributed by atoms with E-state index in [-0.39, 0.29) is 29.9 Å². The molecule has 0 atom stereocenters. The average molecular weight is 458 g/mol. The highest BCUT2D eigenvalue weighted by Crippen LogP contribution is 2.18. The van der Waals surface area contributed by atoms with Crippen LogP contribution in [-0.2, 0) is 11.3 Å². The fourth-order valence-corrected chi connectivity index (χ4v) is 2.51. The van der Waals surface area contributed by atoms with E-state index < -0.39 is 0 Å². The number of nitrogens with zero attached hydrogens (tertiary/aromatic N) is 1. The Balaban J connectivity index is 0.00000312. The Hall–Kier alpha value is -1.31. The second kappa shape index (κ2) is 11.3. The summed E-state index contributed by atoms with van der Waals surface area (Å²) >= 11 is 0. The Bertz CT molecular complexity index is 585. The Labute approximate surface area is 168 Å². The maximum Gasteiger partial charge on any atom is 0.220 e. The Morgan fingerprint density at radius 2 is 2.00 bits per heavy atom. The maximum absolute atomic E-state index is 11.7. The van der Waals surface area contributed by atoms with Crippen LogP contribution in [0.15, 0.2) is 23.2 Å². The zero-order chi connectivity index (χ0) is 17.4. The summed E-state index contributed by atoms with van der Waals surface area (Å²) in [5.41, 5.74) is 3.78. The first-order chi connectivity index (χ1) is 11.6. The van der Waals surface area contributed by atoms with Gasteiger partial charge in [0.25, 0.3) is 0 Å². The number of halogens is 1. The molecule has 0 heterocycles. The number of carbonyl (C=O) groups excluding carboxylic acids is 1. The molecule has 5 nitrogen and oxygen atoms in total. The van der Waals surface area contributed by atoms with Crippen molar-refractivity contribution in [1.29, 1.82) is 0 Å². The largest absolute Gasteiger partial charge is 0.357 e. The molecule has 0 unspecified atom stereocenters. The number of benzene rings is 1. The van der Waals surface area contributed by atoms with Gasteiger partial charge < -0.3 is 16.0 Å².